The summed E-state index contributed by atoms with van der Waals surface area (Å²) in [5, 5.41) is 7.86. The highest BCUT2D eigenvalue weighted by Crippen LogP contribution is 2.25. The second-order valence-corrected chi connectivity index (χ2v) is 6.59. The van der Waals surface area contributed by atoms with Crippen LogP contribution in [0.15, 0.2) is 48.8 Å². The molecule has 0 unspecified atom stereocenters. The highest BCUT2D eigenvalue weighted by Gasteiger charge is 2.20. The lowest BCUT2D eigenvalue weighted by molar-refractivity contribution is 0.193. The van der Waals surface area contributed by atoms with E-state index in [-0.39, 0.29) is 0 Å². The van der Waals surface area contributed by atoms with E-state index >= 15 is 0 Å². The van der Waals surface area contributed by atoms with E-state index in [1.54, 1.807) is 0 Å². The molecule has 6 nitrogen and oxygen atoms in total. The maximum atomic E-state index is 5.48. The van der Waals surface area contributed by atoms with E-state index in [1.165, 1.54) is 5.56 Å². The molecule has 1 N–H and O–H groups in total. The van der Waals surface area contributed by atoms with Gasteiger partial charge in [-0.15, -0.1) is 0 Å². The first-order valence-corrected chi connectivity index (χ1v) is 9.04. The fourth-order valence-electron chi connectivity index (χ4n) is 3.20. The zero-order valence-electron chi connectivity index (χ0n) is 14.9. The minimum Gasteiger partial charge on any atom is -0.381 e. The van der Waals surface area contributed by atoms with Crippen molar-refractivity contribution in [3.8, 4) is 5.69 Å². The molecular formula is C20H23N5O. The van der Waals surface area contributed by atoms with Gasteiger partial charge in [-0.05, 0) is 37.5 Å². The van der Waals surface area contributed by atoms with E-state index in [2.05, 4.69) is 32.6 Å². The summed E-state index contributed by atoms with van der Waals surface area (Å²) in [5.74, 6) is 2.07. The zero-order chi connectivity index (χ0) is 17.8. The lowest BCUT2D eigenvalue weighted by Gasteiger charge is -2.11. The van der Waals surface area contributed by atoms with Crippen LogP contribution in [0.4, 0.5) is 5.82 Å². The van der Waals surface area contributed by atoms with Gasteiger partial charge in [-0.3, -0.25) is 0 Å². The molecule has 1 fully saturated rings. The van der Waals surface area contributed by atoms with Gasteiger partial charge in [-0.1, -0.05) is 18.2 Å². The Labute approximate surface area is 153 Å². The van der Waals surface area contributed by atoms with Crippen LogP contribution in [0.2, 0.25) is 0 Å². The van der Waals surface area contributed by atoms with E-state index < -0.39 is 0 Å². The fraction of sp³-hybridized carbons (Fsp3) is 0.350. The Kier molecular flexibility index (Phi) is 4.93. The van der Waals surface area contributed by atoms with Crippen LogP contribution in [0.25, 0.3) is 5.69 Å². The van der Waals surface area contributed by atoms with Gasteiger partial charge in [0.1, 0.15) is 11.6 Å². The Morgan fingerprint density at radius 3 is 2.92 bits per heavy atom. The summed E-state index contributed by atoms with van der Waals surface area (Å²) in [6, 6.07) is 12.2. The van der Waals surface area contributed by atoms with Gasteiger partial charge in [0.05, 0.1) is 24.2 Å². The van der Waals surface area contributed by atoms with Crippen molar-refractivity contribution in [3.05, 3.63) is 65.9 Å². The summed E-state index contributed by atoms with van der Waals surface area (Å²) in [4.78, 5) is 9.08. The first-order chi connectivity index (χ1) is 12.8. The van der Waals surface area contributed by atoms with Gasteiger partial charge >= 0.3 is 0 Å². The Morgan fingerprint density at radius 1 is 1.23 bits per heavy atom. The van der Waals surface area contributed by atoms with Gasteiger partial charge in [0.15, 0.2) is 0 Å². The van der Waals surface area contributed by atoms with Crippen molar-refractivity contribution in [2.45, 2.75) is 25.7 Å². The molecule has 0 aliphatic carbocycles. The number of anilines is 1. The Hall–Kier alpha value is -2.73. The lowest BCUT2D eigenvalue weighted by atomic mass is 10.0. The number of nitrogens with one attached hydrogen (secondary N) is 1. The molecule has 1 aromatic carbocycles. The Morgan fingerprint density at radius 2 is 2.12 bits per heavy atom. The van der Waals surface area contributed by atoms with E-state index in [0.717, 1.165) is 55.6 Å². The molecule has 1 aliphatic rings. The fourth-order valence-corrected chi connectivity index (χ4v) is 3.20. The quantitative estimate of drug-likeness (QED) is 0.741. The van der Waals surface area contributed by atoms with E-state index in [9.17, 15) is 0 Å². The van der Waals surface area contributed by atoms with E-state index in [1.807, 2.05) is 48.1 Å². The molecule has 4 rings (SSSR count). The van der Waals surface area contributed by atoms with Crippen LogP contribution in [0, 0.1) is 6.92 Å². The van der Waals surface area contributed by atoms with Crippen LogP contribution < -0.4 is 5.32 Å². The number of ether oxygens (including phenoxy) is 1. The smallest absolute Gasteiger partial charge is 0.129 e. The highest BCUT2D eigenvalue weighted by atomic mass is 16.5. The number of hydrogen-bond acceptors (Lipinski definition) is 5. The maximum Gasteiger partial charge on any atom is 0.129 e. The number of aryl methyl sites for hydroxylation is 1. The minimum atomic E-state index is 0.390. The normalized spacial score (nSPS) is 16.7. The molecule has 134 valence electrons. The molecule has 1 saturated heterocycles. The van der Waals surface area contributed by atoms with Gasteiger partial charge in [0.25, 0.3) is 0 Å². The molecular weight excluding hydrogens is 326 g/mol. The van der Waals surface area contributed by atoms with E-state index in [0.29, 0.717) is 5.92 Å². The zero-order valence-corrected chi connectivity index (χ0v) is 14.9. The molecule has 3 heterocycles. The third-order valence-corrected chi connectivity index (χ3v) is 4.58. The van der Waals surface area contributed by atoms with Crippen molar-refractivity contribution in [2.75, 3.05) is 25.1 Å². The first kappa shape index (κ1) is 16.7. The van der Waals surface area contributed by atoms with Crippen molar-refractivity contribution >= 4 is 5.82 Å². The number of aromatic nitrogens is 4. The largest absolute Gasteiger partial charge is 0.381 e. The summed E-state index contributed by atoms with van der Waals surface area (Å²) < 4.78 is 7.38. The SMILES string of the molecule is Cc1nc(NCCc2cnn(-c3ccccc3)c2)cc([C@H]2CCOC2)n1. The van der Waals surface area contributed by atoms with Crippen LogP contribution >= 0.6 is 0 Å². The lowest BCUT2D eigenvalue weighted by Crippen LogP contribution is -2.10. The van der Waals surface area contributed by atoms with Crippen LogP contribution in [0.3, 0.4) is 0 Å². The molecule has 2 aromatic heterocycles. The van der Waals surface area contributed by atoms with Crippen molar-refractivity contribution in [1.29, 1.82) is 0 Å². The van der Waals surface area contributed by atoms with Crippen molar-refractivity contribution in [1.82, 2.24) is 19.7 Å². The molecule has 0 amide bonds. The van der Waals surface area contributed by atoms with Gasteiger partial charge in [0.2, 0.25) is 0 Å². The number of benzene rings is 1. The number of rotatable bonds is 6. The van der Waals surface area contributed by atoms with Crippen molar-refractivity contribution < 1.29 is 4.74 Å². The van der Waals surface area contributed by atoms with Crippen LogP contribution in [-0.4, -0.2) is 39.5 Å². The molecule has 1 aliphatic heterocycles. The standard InChI is InChI=1S/C20H23N5O/c1-15-23-19(17-8-10-26-14-17)11-20(24-15)21-9-7-16-12-22-25(13-16)18-5-3-2-4-6-18/h2-6,11-13,17H,7-10,14H2,1H3,(H,21,23,24)/t17-/m0/s1. The van der Waals surface area contributed by atoms with Gasteiger partial charge in [-0.25, -0.2) is 14.6 Å². The molecule has 0 spiro atoms. The molecule has 6 heteroatoms. The second-order valence-electron chi connectivity index (χ2n) is 6.59. The predicted octanol–water partition coefficient (Wildman–Crippen LogP) is 3.13. The monoisotopic (exact) mass is 349 g/mol. The first-order valence-electron chi connectivity index (χ1n) is 9.04. The maximum absolute atomic E-state index is 5.48. The Bertz CT molecular complexity index is 856. The van der Waals surface area contributed by atoms with E-state index in [4.69, 9.17) is 4.74 Å². The van der Waals surface area contributed by atoms with Crippen LogP contribution in [0.5, 0.6) is 0 Å². The van der Waals surface area contributed by atoms with Gasteiger partial charge in [0, 0.05) is 31.3 Å². The molecule has 0 bridgehead atoms. The second kappa shape index (κ2) is 7.66. The van der Waals surface area contributed by atoms with Crippen LogP contribution in [-0.2, 0) is 11.2 Å². The van der Waals surface area contributed by atoms with Crippen molar-refractivity contribution in [2.24, 2.45) is 0 Å². The molecule has 0 radical (unpaired) electrons. The predicted molar refractivity (Wildman–Crippen MR) is 101 cm³/mol. The number of para-hydroxylation sites is 1. The third kappa shape index (κ3) is 3.91. The topological polar surface area (TPSA) is 64.9 Å². The van der Waals surface area contributed by atoms with Crippen molar-refractivity contribution in [3.63, 3.8) is 0 Å². The number of hydrogen-bond donors (Lipinski definition) is 1. The Balaban J connectivity index is 1.37. The van der Waals surface area contributed by atoms with Gasteiger partial charge < -0.3 is 10.1 Å². The molecule has 1 atom stereocenters. The molecule has 26 heavy (non-hydrogen) atoms. The van der Waals surface area contributed by atoms with Gasteiger partial charge in [-0.2, -0.15) is 5.10 Å². The summed E-state index contributed by atoms with van der Waals surface area (Å²) in [5.41, 5.74) is 3.34. The molecule has 3 aromatic rings. The van der Waals surface area contributed by atoms with Crippen LogP contribution in [0.1, 0.15) is 29.4 Å². The summed E-state index contributed by atoms with van der Waals surface area (Å²) >= 11 is 0. The third-order valence-electron chi connectivity index (χ3n) is 4.58. The summed E-state index contributed by atoms with van der Waals surface area (Å²) in [7, 11) is 0. The number of nitrogens with zero attached hydrogens (tertiary/aromatic N) is 4. The minimum absolute atomic E-state index is 0.390. The molecule has 0 saturated carbocycles. The average molecular weight is 349 g/mol. The summed E-state index contributed by atoms with van der Waals surface area (Å²) in [6.07, 6.45) is 5.91. The highest BCUT2D eigenvalue weighted by molar-refractivity contribution is 5.37. The summed E-state index contributed by atoms with van der Waals surface area (Å²) in [6.45, 7) is 4.32. The average Bonchev–Trinajstić information content (AvgIpc) is 3.34.